The molecule has 2 aromatic heterocycles. The van der Waals surface area contributed by atoms with E-state index in [4.69, 9.17) is 11.6 Å². The van der Waals surface area contributed by atoms with Gasteiger partial charge in [-0.1, -0.05) is 25.4 Å². The third-order valence-corrected chi connectivity index (χ3v) is 2.93. The predicted molar refractivity (Wildman–Crippen MR) is 78.1 cm³/mol. The first-order valence-electron chi connectivity index (χ1n) is 6.24. The largest absolute Gasteiger partial charge is 0.320 e. The summed E-state index contributed by atoms with van der Waals surface area (Å²) in [7, 11) is 0. The second-order valence-corrected chi connectivity index (χ2v) is 5.13. The summed E-state index contributed by atoms with van der Waals surface area (Å²) in [4.78, 5) is 24.6. The maximum atomic E-state index is 12.2. The minimum absolute atomic E-state index is 0.127. The van der Waals surface area contributed by atoms with Gasteiger partial charge in [-0.05, 0) is 19.1 Å². The molecule has 0 aromatic carbocycles. The second kappa shape index (κ2) is 5.96. The molecule has 0 saturated carbocycles. The lowest BCUT2D eigenvalue weighted by molar-refractivity contribution is 0.102. The van der Waals surface area contributed by atoms with Crippen molar-refractivity contribution < 1.29 is 4.79 Å². The Kier molecular flexibility index (Phi) is 4.29. The zero-order valence-corrected chi connectivity index (χ0v) is 12.3. The highest BCUT2D eigenvalue weighted by atomic mass is 35.5. The molecule has 0 aliphatic carbocycles. The van der Waals surface area contributed by atoms with Crippen molar-refractivity contribution in [2.75, 3.05) is 5.32 Å². The third kappa shape index (κ3) is 3.30. The van der Waals surface area contributed by atoms with Gasteiger partial charge < -0.3 is 5.32 Å². The van der Waals surface area contributed by atoms with Gasteiger partial charge in [0.05, 0.1) is 11.2 Å². The highest BCUT2D eigenvalue weighted by molar-refractivity contribution is 6.33. The predicted octanol–water partition coefficient (Wildman–Crippen LogP) is 3.21. The molecule has 1 N–H and O–H groups in total. The Labute approximate surface area is 122 Å². The normalized spacial score (nSPS) is 10.7. The molecule has 0 radical (unpaired) electrons. The van der Waals surface area contributed by atoms with Crippen LogP contribution in [0.15, 0.2) is 24.5 Å². The molecular weight excluding hydrogens is 276 g/mol. The summed E-state index contributed by atoms with van der Waals surface area (Å²) in [5, 5.41) is 2.99. The van der Waals surface area contributed by atoms with Crippen molar-refractivity contribution in [3.63, 3.8) is 0 Å². The molecule has 0 aliphatic rings. The molecule has 0 bridgehead atoms. The number of hydrogen-bond acceptors (Lipinski definition) is 4. The van der Waals surface area contributed by atoms with Crippen molar-refractivity contribution >= 4 is 23.2 Å². The lowest BCUT2D eigenvalue weighted by Gasteiger charge is -2.09. The molecule has 0 saturated heterocycles. The molecular formula is C14H15ClN4O. The number of amides is 1. The van der Waals surface area contributed by atoms with Gasteiger partial charge in [-0.15, -0.1) is 0 Å². The molecule has 0 fully saturated rings. The lowest BCUT2D eigenvalue weighted by atomic mass is 10.2. The molecule has 2 heterocycles. The average molecular weight is 291 g/mol. The fourth-order valence-corrected chi connectivity index (χ4v) is 1.81. The first-order valence-corrected chi connectivity index (χ1v) is 6.61. The van der Waals surface area contributed by atoms with E-state index in [9.17, 15) is 4.79 Å². The van der Waals surface area contributed by atoms with Crippen LogP contribution < -0.4 is 5.32 Å². The average Bonchev–Trinajstić information content (AvgIpc) is 2.38. The van der Waals surface area contributed by atoms with Gasteiger partial charge in [0.1, 0.15) is 5.82 Å². The van der Waals surface area contributed by atoms with Gasteiger partial charge in [-0.2, -0.15) is 0 Å². The van der Waals surface area contributed by atoms with Gasteiger partial charge in [0.15, 0.2) is 5.69 Å². The number of nitrogens with zero attached hydrogens (tertiary/aromatic N) is 3. The number of anilines is 1. The molecule has 2 aromatic rings. The summed E-state index contributed by atoms with van der Waals surface area (Å²) >= 11 is 6.00. The molecule has 2 rings (SSSR count). The Hall–Kier alpha value is -2.01. The summed E-state index contributed by atoms with van der Waals surface area (Å²) in [5.41, 5.74) is 1.66. The summed E-state index contributed by atoms with van der Waals surface area (Å²) < 4.78 is 0. The van der Waals surface area contributed by atoms with Crippen LogP contribution in [0.25, 0.3) is 0 Å². The fraction of sp³-hybridized carbons (Fsp3) is 0.286. The van der Waals surface area contributed by atoms with Crippen molar-refractivity contribution in [1.82, 2.24) is 15.0 Å². The first kappa shape index (κ1) is 14.4. The highest BCUT2D eigenvalue weighted by Crippen LogP contribution is 2.18. The van der Waals surface area contributed by atoms with E-state index in [2.05, 4.69) is 20.3 Å². The zero-order valence-electron chi connectivity index (χ0n) is 11.5. The van der Waals surface area contributed by atoms with Crippen LogP contribution >= 0.6 is 11.6 Å². The summed E-state index contributed by atoms with van der Waals surface area (Å²) in [6, 6.07) is 3.49. The Morgan fingerprint density at radius 2 is 2.10 bits per heavy atom. The van der Waals surface area contributed by atoms with E-state index in [1.807, 2.05) is 20.8 Å². The lowest BCUT2D eigenvalue weighted by Crippen LogP contribution is -2.16. The van der Waals surface area contributed by atoms with Crippen LogP contribution in [0, 0.1) is 6.92 Å². The van der Waals surface area contributed by atoms with E-state index in [-0.39, 0.29) is 22.5 Å². The van der Waals surface area contributed by atoms with Crippen molar-refractivity contribution in [2.24, 2.45) is 0 Å². The molecule has 0 unspecified atom stereocenters. The van der Waals surface area contributed by atoms with Gasteiger partial charge in [0.25, 0.3) is 5.91 Å². The van der Waals surface area contributed by atoms with E-state index in [1.165, 1.54) is 6.20 Å². The monoisotopic (exact) mass is 290 g/mol. The quantitative estimate of drug-likeness (QED) is 0.942. The van der Waals surface area contributed by atoms with Crippen molar-refractivity contribution in [1.29, 1.82) is 0 Å². The number of halogens is 1. The van der Waals surface area contributed by atoms with E-state index >= 15 is 0 Å². The number of pyridine rings is 1. The van der Waals surface area contributed by atoms with Crippen LogP contribution in [0.1, 0.15) is 41.8 Å². The molecule has 0 spiro atoms. The number of nitrogens with one attached hydrogen (secondary N) is 1. The Morgan fingerprint density at radius 1 is 1.35 bits per heavy atom. The van der Waals surface area contributed by atoms with Gasteiger partial charge in [0.2, 0.25) is 0 Å². The van der Waals surface area contributed by atoms with Gasteiger partial charge in [-0.25, -0.2) is 9.97 Å². The minimum Gasteiger partial charge on any atom is -0.320 e. The summed E-state index contributed by atoms with van der Waals surface area (Å²) in [6.45, 7) is 5.76. The Balaban J connectivity index is 2.27. The summed E-state index contributed by atoms with van der Waals surface area (Å²) in [5.74, 6) is 0.359. The minimum atomic E-state index is -0.357. The molecule has 104 valence electrons. The smallest absolute Gasteiger partial charge is 0.275 e. The number of aromatic nitrogens is 3. The standard InChI is InChI=1S/C14H15ClN4O/c1-8(2)13-17-7-11(15)12(19-13)14(20)18-10-4-5-16-9(3)6-10/h4-8H,1-3H3,(H,16,18,20). The van der Waals surface area contributed by atoms with Crippen LogP contribution in [-0.4, -0.2) is 20.9 Å². The molecule has 1 amide bonds. The number of hydrogen-bond donors (Lipinski definition) is 1. The van der Waals surface area contributed by atoms with Gasteiger partial charge in [-0.3, -0.25) is 9.78 Å². The molecule has 6 heteroatoms. The van der Waals surface area contributed by atoms with E-state index in [0.717, 1.165) is 5.69 Å². The highest BCUT2D eigenvalue weighted by Gasteiger charge is 2.15. The van der Waals surface area contributed by atoms with Crippen LogP contribution in [0.2, 0.25) is 5.02 Å². The van der Waals surface area contributed by atoms with Crippen LogP contribution in [0.5, 0.6) is 0 Å². The van der Waals surface area contributed by atoms with E-state index in [0.29, 0.717) is 11.5 Å². The number of rotatable bonds is 3. The second-order valence-electron chi connectivity index (χ2n) is 4.72. The fourth-order valence-electron chi connectivity index (χ4n) is 1.63. The molecule has 5 nitrogen and oxygen atoms in total. The topological polar surface area (TPSA) is 67.8 Å². The van der Waals surface area contributed by atoms with Crippen molar-refractivity contribution in [3.05, 3.63) is 46.8 Å². The molecule has 0 aliphatic heterocycles. The van der Waals surface area contributed by atoms with Gasteiger partial charge >= 0.3 is 0 Å². The molecule has 20 heavy (non-hydrogen) atoms. The van der Waals surface area contributed by atoms with Gasteiger partial charge in [0, 0.05) is 23.5 Å². The number of aryl methyl sites for hydroxylation is 1. The van der Waals surface area contributed by atoms with Crippen molar-refractivity contribution in [2.45, 2.75) is 26.7 Å². The summed E-state index contributed by atoms with van der Waals surface area (Å²) in [6.07, 6.45) is 3.09. The Morgan fingerprint density at radius 3 is 2.75 bits per heavy atom. The third-order valence-electron chi connectivity index (χ3n) is 2.65. The van der Waals surface area contributed by atoms with Crippen LogP contribution in [0.3, 0.4) is 0 Å². The zero-order chi connectivity index (χ0) is 14.7. The van der Waals surface area contributed by atoms with Crippen LogP contribution in [0.4, 0.5) is 5.69 Å². The molecule has 0 atom stereocenters. The Bertz CT molecular complexity index is 643. The first-order chi connectivity index (χ1) is 9.47. The number of carbonyl (C=O) groups is 1. The number of carbonyl (C=O) groups excluding carboxylic acids is 1. The maximum absolute atomic E-state index is 12.2. The van der Waals surface area contributed by atoms with E-state index in [1.54, 1.807) is 18.3 Å². The van der Waals surface area contributed by atoms with Crippen molar-refractivity contribution in [3.8, 4) is 0 Å². The van der Waals surface area contributed by atoms with Crippen LogP contribution in [-0.2, 0) is 0 Å². The maximum Gasteiger partial charge on any atom is 0.275 e. The SMILES string of the molecule is Cc1cc(NC(=O)c2nc(C(C)C)ncc2Cl)ccn1. The van der Waals surface area contributed by atoms with E-state index < -0.39 is 0 Å².